The van der Waals surface area contributed by atoms with Gasteiger partial charge < -0.3 is 5.11 Å². The SMILES string of the molecule is O=C1C(=O)N(c2ccc(Br)cn2)C(c2ccc(Cl)cc2)C1=C(O)c1ccccc1. The first-order valence-electron chi connectivity index (χ1n) is 8.71. The molecule has 2 heterocycles. The Labute approximate surface area is 180 Å². The standard InChI is InChI=1S/C22H14BrClN2O3/c23-15-8-11-17(25-12-15)26-19(13-6-9-16(24)10-7-13)18(21(28)22(26)29)20(27)14-4-2-1-3-5-14/h1-12,19,27H. The van der Waals surface area contributed by atoms with E-state index in [-0.39, 0.29) is 11.3 Å². The molecule has 2 aromatic carbocycles. The summed E-state index contributed by atoms with van der Waals surface area (Å²) in [6, 6.07) is 18.0. The van der Waals surface area contributed by atoms with Gasteiger partial charge in [-0.25, -0.2) is 4.98 Å². The average Bonchev–Trinajstić information content (AvgIpc) is 3.00. The molecule has 1 aliphatic heterocycles. The molecule has 5 nitrogen and oxygen atoms in total. The molecule has 144 valence electrons. The van der Waals surface area contributed by atoms with Crippen molar-refractivity contribution in [2.24, 2.45) is 0 Å². The van der Waals surface area contributed by atoms with E-state index in [1.54, 1.807) is 72.9 Å². The Bertz CT molecular complexity index is 1110. The highest BCUT2D eigenvalue weighted by atomic mass is 79.9. The molecule has 1 amide bonds. The van der Waals surface area contributed by atoms with Crippen LogP contribution in [0.5, 0.6) is 0 Å². The molecule has 0 bridgehead atoms. The van der Waals surface area contributed by atoms with Gasteiger partial charge in [0.15, 0.2) is 0 Å². The summed E-state index contributed by atoms with van der Waals surface area (Å²) in [4.78, 5) is 31.5. The van der Waals surface area contributed by atoms with Crippen LogP contribution in [0.2, 0.25) is 5.02 Å². The van der Waals surface area contributed by atoms with E-state index in [2.05, 4.69) is 20.9 Å². The van der Waals surface area contributed by atoms with Crippen molar-refractivity contribution in [2.45, 2.75) is 6.04 Å². The van der Waals surface area contributed by atoms with Crippen LogP contribution in [0, 0.1) is 0 Å². The second-order valence-electron chi connectivity index (χ2n) is 6.42. The van der Waals surface area contributed by atoms with E-state index in [9.17, 15) is 14.7 Å². The Morgan fingerprint density at radius 2 is 1.69 bits per heavy atom. The number of halogens is 2. The maximum absolute atomic E-state index is 12.9. The molecule has 1 aliphatic rings. The van der Waals surface area contributed by atoms with E-state index in [1.165, 1.54) is 4.90 Å². The lowest BCUT2D eigenvalue weighted by Gasteiger charge is -2.24. The Morgan fingerprint density at radius 1 is 1.00 bits per heavy atom. The van der Waals surface area contributed by atoms with Crippen molar-refractivity contribution >= 4 is 50.8 Å². The largest absolute Gasteiger partial charge is 0.507 e. The normalized spacial score (nSPS) is 18.3. The maximum atomic E-state index is 12.9. The molecule has 1 fully saturated rings. The van der Waals surface area contributed by atoms with Crippen LogP contribution >= 0.6 is 27.5 Å². The number of hydrogen-bond donors (Lipinski definition) is 1. The third-order valence-corrected chi connectivity index (χ3v) is 5.36. The molecule has 4 rings (SSSR count). The Kier molecular flexibility index (Phi) is 5.22. The van der Waals surface area contributed by atoms with Crippen molar-refractivity contribution in [1.82, 2.24) is 4.98 Å². The molecule has 1 aromatic heterocycles. The molecule has 0 aliphatic carbocycles. The average molecular weight is 470 g/mol. The van der Waals surface area contributed by atoms with Gasteiger partial charge in [-0.1, -0.05) is 54.1 Å². The summed E-state index contributed by atoms with van der Waals surface area (Å²) in [6.07, 6.45) is 1.55. The highest BCUT2D eigenvalue weighted by molar-refractivity contribution is 9.10. The zero-order valence-corrected chi connectivity index (χ0v) is 17.3. The van der Waals surface area contributed by atoms with Gasteiger partial charge in [-0.05, 0) is 45.8 Å². The molecule has 3 aromatic rings. The van der Waals surface area contributed by atoms with Gasteiger partial charge in [0.25, 0.3) is 5.78 Å². The summed E-state index contributed by atoms with van der Waals surface area (Å²) in [5.41, 5.74) is 1.09. The van der Waals surface area contributed by atoms with Crippen LogP contribution in [-0.4, -0.2) is 21.8 Å². The molecule has 29 heavy (non-hydrogen) atoms. The molecule has 0 radical (unpaired) electrons. The molecule has 0 spiro atoms. The van der Waals surface area contributed by atoms with Gasteiger partial charge in [-0.2, -0.15) is 0 Å². The van der Waals surface area contributed by atoms with Gasteiger partial charge in [0.2, 0.25) is 0 Å². The first-order valence-corrected chi connectivity index (χ1v) is 9.88. The van der Waals surface area contributed by atoms with Gasteiger partial charge in [0.1, 0.15) is 11.6 Å². The van der Waals surface area contributed by atoms with E-state index in [0.717, 1.165) is 4.47 Å². The third-order valence-electron chi connectivity index (χ3n) is 4.64. The molecular weight excluding hydrogens is 456 g/mol. The topological polar surface area (TPSA) is 70.5 Å². The number of aliphatic hydroxyl groups excluding tert-OH is 1. The lowest BCUT2D eigenvalue weighted by molar-refractivity contribution is -0.132. The monoisotopic (exact) mass is 468 g/mol. The summed E-state index contributed by atoms with van der Waals surface area (Å²) in [5.74, 6) is -1.45. The number of ketones is 1. The highest BCUT2D eigenvalue weighted by Gasteiger charge is 2.47. The smallest absolute Gasteiger partial charge is 0.301 e. The van der Waals surface area contributed by atoms with Crippen LogP contribution in [0.4, 0.5) is 5.82 Å². The van der Waals surface area contributed by atoms with Crippen molar-refractivity contribution in [1.29, 1.82) is 0 Å². The summed E-state index contributed by atoms with van der Waals surface area (Å²) in [7, 11) is 0. The van der Waals surface area contributed by atoms with Crippen LogP contribution in [0.1, 0.15) is 17.2 Å². The first kappa shape index (κ1) is 19.4. The van der Waals surface area contributed by atoms with Gasteiger partial charge in [0, 0.05) is 21.3 Å². The summed E-state index contributed by atoms with van der Waals surface area (Å²) < 4.78 is 0.741. The molecule has 7 heteroatoms. The van der Waals surface area contributed by atoms with E-state index in [4.69, 9.17) is 11.6 Å². The predicted molar refractivity (Wildman–Crippen MR) is 115 cm³/mol. The Balaban J connectivity index is 1.94. The molecule has 1 saturated heterocycles. The third kappa shape index (κ3) is 3.57. The van der Waals surface area contributed by atoms with Gasteiger partial charge in [-0.15, -0.1) is 0 Å². The van der Waals surface area contributed by atoms with Crippen molar-refractivity contribution in [3.63, 3.8) is 0 Å². The van der Waals surface area contributed by atoms with E-state index in [1.807, 2.05) is 0 Å². The number of amides is 1. The number of pyridine rings is 1. The Morgan fingerprint density at radius 3 is 2.31 bits per heavy atom. The number of benzene rings is 2. The minimum Gasteiger partial charge on any atom is -0.507 e. The quantitative estimate of drug-likeness (QED) is 0.328. The van der Waals surface area contributed by atoms with Gasteiger partial charge in [-0.3, -0.25) is 14.5 Å². The predicted octanol–water partition coefficient (Wildman–Crippen LogP) is 5.12. The number of aromatic nitrogens is 1. The molecule has 0 saturated carbocycles. The number of carbonyl (C=O) groups is 2. The molecule has 1 unspecified atom stereocenters. The van der Waals surface area contributed by atoms with Crippen LogP contribution in [0.15, 0.2) is 83.0 Å². The fourth-order valence-electron chi connectivity index (χ4n) is 3.29. The van der Waals surface area contributed by atoms with Crippen molar-refractivity contribution < 1.29 is 14.7 Å². The number of carbonyl (C=O) groups excluding carboxylic acids is 2. The number of hydrogen-bond acceptors (Lipinski definition) is 4. The first-order chi connectivity index (χ1) is 14.0. The lowest BCUT2D eigenvalue weighted by atomic mass is 9.95. The van der Waals surface area contributed by atoms with Crippen molar-refractivity contribution in [2.75, 3.05) is 4.90 Å². The Hall–Kier alpha value is -2.96. The number of aliphatic hydroxyl groups is 1. The van der Waals surface area contributed by atoms with Crippen LogP contribution in [0.3, 0.4) is 0 Å². The van der Waals surface area contributed by atoms with E-state index >= 15 is 0 Å². The van der Waals surface area contributed by atoms with Crippen LogP contribution in [0.25, 0.3) is 5.76 Å². The summed E-state index contributed by atoms with van der Waals surface area (Å²) >= 11 is 9.33. The van der Waals surface area contributed by atoms with Gasteiger partial charge >= 0.3 is 5.91 Å². The molecular formula is C22H14BrClN2O3. The molecule has 1 atom stereocenters. The molecule has 1 N–H and O–H groups in total. The summed E-state index contributed by atoms with van der Waals surface area (Å²) in [5, 5.41) is 11.5. The van der Waals surface area contributed by atoms with E-state index in [0.29, 0.717) is 22.0 Å². The fourth-order valence-corrected chi connectivity index (χ4v) is 3.65. The number of nitrogens with zero attached hydrogens (tertiary/aromatic N) is 2. The fraction of sp³-hybridized carbons (Fsp3) is 0.0455. The second kappa shape index (κ2) is 7.81. The zero-order valence-electron chi connectivity index (χ0n) is 14.9. The highest BCUT2D eigenvalue weighted by Crippen LogP contribution is 2.41. The zero-order chi connectivity index (χ0) is 20.5. The number of anilines is 1. The minimum atomic E-state index is -0.832. The van der Waals surface area contributed by atoms with Crippen LogP contribution < -0.4 is 4.90 Å². The van der Waals surface area contributed by atoms with E-state index < -0.39 is 17.7 Å². The van der Waals surface area contributed by atoms with Crippen molar-refractivity contribution in [3.05, 3.63) is 99.1 Å². The number of Topliss-reactive ketones (excluding diaryl/α,β-unsaturated/α-hetero) is 1. The maximum Gasteiger partial charge on any atom is 0.301 e. The number of rotatable bonds is 3. The van der Waals surface area contributed by atoms with Crippen LogP contribution in [-0.2, 0) is 9.59 Å². The van der Waals surface area contributed by atoms with Crippen molar-refractivity contribution in [3.8, 4) is 0 Å². The lowest BCUT2D eigenvalue weighted by Crippen LogP contribution is -2.30. The second-order valence-corrected chi connectivity index (χ2v) is 7.77. The van der Waals surface area contributed by atoms with Gasteiger partial charge in [0.05, 0.1) is 11.6 Å². The minimum absolute atomic E-state index is 0.00763. The summed E-state index contributed by atoms with van der Waals surface area (Å²) in [6.45, 7) is 0.